The van der Waals surface area contributed by atoms with Crippen LogP contribution in [0.1, 0.15) is 45.2 Å². The molecular weight excluding hydrogens is 230 g/mol. The SMILES string of the molecule is CC(C)(C)[S@+]([O-])N1CCCC1c1ccccc1. The molecule has 0 aromatic heterocycles. The minimum Gasteiger partial charge on any atom is -0.597 e. The maximum Gasteiger partial charge on any atom is 0.137 e. The largest absolute Gasteiger partial charge is 0.597 e. The molecule has 0 aliphatic carbocycles. The smallest absolute Gasteiger partial charge is 0.137 e. The van der Waals surface area contributed by atoms with Crippen molar-refractivity contribution < 1.29 is 4.55 Å². The zero-order valence-electron chi connectivity index (χ0n) is 10.8. The molecule has 2 nitrogen and oxygen atoms in total. The number of nitrogens with zero attached hydrogens (tertiary/aromatic N) is 1. The fourth-order valence-electron chi connectivity index (χ4n) is 2.30. The Morgan fingerprint density at radius 3 is 2.47 bits per heavy atom. The van der Waals surface area contributed by atoms with Crippen molar-refractivity contribution in [2.45, 2.75) is 44.4 Å². The van der Waals surface area contributed by atoms with Crippen molar-refractivity contribution in [1.82, 2.24) is 4.31 Å². The van der Waals surface area contributed by atoms with Gasteiger partial charge in [-0.2, -0.15) is 0 Å². The third-order valence-corrected chi connectivity index (χ3v) is 5.04. The molecule has 3 heteroatoms. The van der Waals surface area contributed by atoms with E-state index in [9.17, 15) is 4.55 Å². The van der Waals surface area contributed by atoms with E-state index in [4.69, 9.17) is 0 Å². The van der Waals surface area contributed by atoms with Crippen LogP contribution in [0.25, 0.3) is 0 Å². The molecule has 0 bridgehead atoms. The molecule has 1 aromatic carbocycles. The summed E-state index contributed by atoms with van der Waals surface area (Å²) in [6, 6.07) is 10.8. The molecule has 1 heterocycles. The Labute approximate surface area is 107 Å². The molecule has 0 spiro atoms. The van der Waals surface area contributed by atoms with Crippen molar-refractivity contribution in [2.24, 2.45) is 0 Å². The molecule has 94 valence electrons. The van der Waals surface area contributed by atoms with Crippen LogP contribution in [0.5, 0.6) is 0 Å². The average Bonchev–Trinajstić information content (AvgIpc) is 2.76. The quantitative estimate of drug-likeness (QED) is 0.754. The highest BCUT2D eigenvalue weighted by molar-refractivity contribution is 7.90. The first-order chi connectivity index (χ1) is 8.00. The molecule has 1 aliphatic heterocycles. The van der Waals surface area contributed by atoms with Gasteiger partial charge in [0.1, 0.15) is 4.75 Å². The lowest BCUT2D eigenvalue weighted by molar-refractivity contribution is 0.381. The molecule has 1 aromatic rings. The van der Waals surface area contributed by atoms with Gasteiger partial charge in [0.25, 0.3) is 0 Å². The predicted octanol–water partition coefficient (Wildman–Crippen LogP) is 3.29. The maximum atomic E-state index is 12.5. The molecule has 0 amide bonds. The first kappa shape index (κ1) is 12.9. The highest BCUT2D eigenvalue weighted by atomic mass is 32.2. The van der Waals surface area contributed by atoms with Crippen molar-refractivity contribution in [3.05, 3.63) is 35.9 Å². The Hall–Kier alpha value is -0.510. The first-order valence-electron chi connectivity index (χ1n) is 6.24. The second-order valence-corrected chi connectivity index (χ2v) is 7.76. The Kier molecular flexibility index (Phi) is 3.81. The zero-order valence-corrected chi connectivity index (χ0v) is 11.7. The van der Waals surface area contributed by atoms with Gasteiger partial charge >= 0.3 is 0 Å². The second kappa shape index (κ2) is 5.01. The lowest BCUT2D eigenvalue weighted by Crippen LogP contribution is -2.42. The van der Waals surface area contributed by atoms with E-state index in [1.807, 2.05) is 26.8 Å². The van der Waals surface area contributed by atoms with Crippen molar-refractivity contribution >= 4 is 11.4 Å². The van der Waals surface area contributed by atoms with Gasteiger partial charge in [0, 0.05) is 17.9 Å². The fourth-order valence-corrected chi connectivity index (χ4v) is 3.76. The van der Waals surface area contributed by atoms with Gasteiger partial charge in [-0.1, -0.05) is 30.3 Å². The van der Waals surface area contributed by atoms with Crippen LogP contribution in [0.15, 0.2) is 30.3 Å². The van der Waals surface area contributed by atoms with Crippen LogP contribution in [0, 0.1) is 0 Å². The number of benzene rings is 1. The fraction of sp³-hybridized carbons (Fsp3) is 0.571. The van der Waals surface area contributed by atoms with Gasteiger partial charge in [-0.25, -0.2) is 0 Å². The van der Waals surface area contributed by atoms with Gasteiger partial charge in [-0.15, -0.1) is 4.31 Å². The topological polar surface area (TPSA) is 26.3 Å². The average molecular weight is 251 g/mol. The van der Waals surface area contributed by atoms with E-state index in [0.717, 1.165) is 19.4 Å². The maximum absolute atomic E-state index is 12.5. The van der Waals surface area contributed by atoms with Crippen LogP contribution in [0.2, 0.25) is 0 Å². The van der Waals surface area contributed by atoms with Gasteiger partial charge in [-0.3, -0.25) is 0 Å². The molecule has 2 atom stereocenters. The third-order valence-electron chi connectivity index (χ3n) is 3.12. The van der Waals surface area contributed by atoms with Gasteiger partial charge < -0.3 is 4.55 Å². The van der Waals surface area contributed by atoms with E-state index in [-0.39, 0.29) is 4.75 Å². The summed E-state index contributed by atoms with van der Waals surface area (Å²) >= 11 is -0.910. The first-order valence-corrected chi connectivity index (χ1v) is 7.34. The van der Waals surface area contributed by atoms with Crippen molar-refractivity contribution in [3.8, 4) is 0 Å². The predicted molar refractivity (Wildman–Crippen MR) is 73.0 cm³/mol. The molecule has 0 saturated carbocycles. The molecule has 1 aliphatic rings. The summed E-state index contributed by atoms with van der Waals surface area (Å²) in [6.45, 7) is 7.08. The Balaban J connectivity index is 2.19. The van der Waals surface area contributed by atoms with Gasteiger partial charge in [0.15, 0.2) is 0 Å². The summed E-state index contributed by atoms with van der Waals surface area (Å²) in [5, 5.41) is 0. The minimum absolute atomic E-state index is 0.169. The van der Waals surface area contributed by atoms with E-state index in [1.54, 1.807) is 0 Å². The summed E-state index contributed by atoms with van der Waals surface area (Å²) in [7, 11) is 0. The highest BCUT2D eigenvalue weighted by Crippen LogP contribution is 2.37. The van der Waals surface area contributed by atoms with Crippen LogP contribution in [-0.4, -0.2) is 20.1 Å². The zero-order chi connectivity index (χ0) is 12.5. The molecular formula is C14H21NOS. The Morgan fingerprint density at radius 1 is 1.24 bits per heavy atom. The Morgan fingerprint density at radius 2 is 1.88 bits per heavy atom. The molecule has 17 heavy (non-hydrogen) atoms. The molecule has 2 rings (SSSR count). The molecule has 1 fully saturated rings. The van der Waals surface area contributed by atoms with Crippen molar-refractivity contribution in [3.63, 3.8) is 0 Å². The second-order valence-electron chi connectivity index (χ2n) is 5.57. The van der Waals surface area contributed by atoms with Gasteiger partial charge in [-0.05, 0) is 39.2 Å². The van der Waals surface area contributed by atoms with Crippen molar-refractivity contribution in [1.29, 1.82) is 0 Å². The van der Waals surface area contributed by atoms with Gasteiger partial charge in [0.05, 0.1) is 6.04 Å². The van der Waals surface area contributed by atoms with Crippen LogP contribution < -0.4 is 0 Å². The Bertz CT molecular complexity index is 360. The highest BCUT2D eigenvalue weighted by Gasteiger charge is 2.40. The summed E-state index contributed by atoms with van der Waals surface area (Å²) < 4.78 is 14.5. The van der Waals surface area contributed by atoms with E-state index in [0.29, 0.717) is 6.04 Å². The monoisotopic (exact) mass is 251 g/mol. The number of rotatable bonds is 2. The number of hydrogen-bond acceptors (Lipinski definition) is 2. The van der Waals surface area contributed by atoms with Crippen LogP contribution >= 0.6 is 0 Å². The molecule has 0 N–H and O–H groups in total. The van der Waals surface area contributed by atoms with Crippen LogP contribution in [0.4, 0.5) is 0 Å². The standard InChI is InChI=1S/C14H21NOS/c1-14(2,3)17(16)15-11-7-10-13(15)12-8-5-4-6-9-12/h4-6,8-9,13H,7,10-11H2,1-3H3/t13?,17-/m0/s1. The van der Waals surface area contributed by atoms with Gasteiger partial charge in [0.2, 0.25) is 0 Å². The van der Waals surface area contributed by atoms with Crippen molar-refractivity contribution in [2.75, 3.05) is 6.54 Å². The number of hydrogen-bond donors (Lipinski definition) is 0. The van der Waals surface area contributed by atoms with E-state index >= 15 is 0 Å². The summed E-state index contributed by atoms with van der Waals surface area (Å²) in [5.74, 6) is 0. The molecule has 1 saturated heterocycles. The molecule has 1 unspecified atom stereocenters. The summed E-state index contributed by atoms with van der Waals surface area (Å²) in [4.78, 5) is 0. The van der Waals surface area contributed by atoms with Crippen LogP contribution in [0.3, 0.4) is 0 Å². The third kappa shape index (κ3) is 2.84. The van der Waals surface area contributed by atoms with E-state index < -0.39 is 11.4 Å². The summed E-state index contributed by atoms with van der Waals surface area (Å²) in [5.41, 5.74) is 1.29. The van der Waals surface area contributed by atoms with E-state index in [1.165, 1.54) is 5.56 Å². The normalized spacial score (nSPS) is 23.9. The molecule has 0 radical (unpaired) electrons. The summed E-state index contributed by atoms with van der Waals surface area (Å²) in [6.07, 6.45) is 2.26. The minimum atomic E-state index is -0.910. The van der Waals surface area contributed by atoms with Crippen LogP contribution in [-0.2, 0) is 11.4 Å². The lowest BCUT2D eigenvalue weighted by atomic mass is 10.1. The lowest BCUT2D eigenvalue weighted by Gasteiger charge is -2.33. The van der Waals surface area contributed by atoms with E-state index in [2.05, 4.69) is 28.6 Å².